The van der Waals surface area contributed by atoms with E-state index in [9.17, 15) is 10.1 Å². The van der Waals surface area contributed by atoms with Gasteiger partial charge in [0.2, 0.25) is 11.8 Å². The summed E-state index contributed by atoms with van der Waals surface area (Å²) in [7, 11) is 1.88. The van der Waals surface area contributed by atoms with Crippen LogP contribution in [0.25, 0.3) is 16.7 Å². The van der Waals surface area contributed by atoms with Crippen LogP contribution >= 0.6 is 0 Å². The number of benzene rings is 1. The predicted octanol–water partition coefficient (Wildman–Crippen LogP) is -2.25. The van der Waals surface area contributed by atoms with Gasteiger partial charge in [-0.3, -0.25) is 10.1 Å². The lowest BCUT2D eigenvalue weighted by Gasteiger charge is -1.96. The first kappa shape index (κ1) is 13.0. The summed E-state index contributed by atoms with van der Waals surface area (Å²) in [4.78, 5) is 10.3. The van der Waals surface area contributed by atoms with Crippen LogP contribution in [0.2, 0.25) is 0 Å². The molecular weight excluding hydrogens is 274 g/mol. The number of nitro groups is 1. The first-order valence-corrected chi connectivity index (χ1v) is 5.10. The van der Waals surface area contributed by atoms with Crippen LogP contribution in [0.15, 0.2) is 35.5 Å². The molecule has 0 aliphatic rings. The monoisotopic (exact) mass is 281 g/mol. The zero-order chi connectivity index (χ0) is 12.7. The Bertz CT molecular complexity index is 751. The van der Waals surface area contributed by atoms with Crippen molar-refractivity contribution in [1.29, 1.82) is 0 Å². The van der Waals surface area contributed by atoms with Crippen molar-refractivity contribution in [3.63, 3.8) is 0 Å². The topological polar surface area (TPSA) is 90.9 Å². The third kappa shape index (κ3) is 2.02. The fraction of sp³-hybridized carbons (Fsp3) is 0.100. The number of hydrogen-bond acceptors (Lipinski definition) is 5. The van der Waals surface area contributed by atoms with Crippen LogP contribution in [-0.2, 0) is 7.05 Å². The Morgan fingerprint density at radius 3 is 2.74 bits per heavy atom. The average Bonchev–Trinajstić information content (AvgIpc) is 2.95. The fourth-order valence-electron chi connectivity index (χ4n) is 1.79. The Labute approximate surface area is 112 Å². The van der Waals surface area contributed by atoms with E-state index in [4.69, 9.17) is 0 Å². The first-order valence-electron chi connectivity index (χ1n) is 5.10. The van der Waals surface area contributed by atoms with E-state index in [1.807, 2.05) is 30.3 Å². The summed E-state index contributed by atoms with van der Waals surface area (Å²) in [5.74, 6) is 0. The Kier molecular flexibility index (Phi) is 3.17. The second-order valence-corrected chi connectivity index (χ2v) is 3.81. The molecule has 0 fully saturated rings. The van der Waals surface area contributed by atoms with E-state index in [-0.39, 0.29) is 23.6 Å². The molecule has 1 aromatic carbocycles. The second-order valence-electron chi connectivity index (χ2n) is 3.81. The maximum atomic E-state index is 10.8. The number of fused-ring (bicyclic) bond motifs is 1. The minimum absolute atomic E-state index is 0. The van der Waals surface area contributed by atoms with Gasteiger partial charge in [-0.15, -0.1) is 0 Å². The minimum atomic E-state index is -0.508. The molecule has 8 nitrogen and oxygen atoms in total. The molecule has 0 N–H and O–H groups in total. The molecule has 0 spiro atoms. The molecule has 0 amide bonds. The zero-order valence-corrected chi connectivity index (χ0v) is 10.5. The van der Waals surface area contributed by atoms with Gasteiger partial charge in [0.05, 0.1) is 12.0 Å². The number of nitro benzene ring substituents is 1. The molecule has 0 saturated heterocycles. The van der Waals surface area contributed by atoms with Gasteiger partial charge in [-0.25, -0.2) is 9.20 Å². The highest BCUT2D eigenvalue weighted by Gasteiger charge is 2.22. The molecular formula is C10H8ClN5O3. The number of rotatable bonds is 2. The number of imidazole rings is 1. The average molecular weight is 282 g/mol. The van der Waals surface area contributed by atoms with E-state index in [2.05, 4.69) is 14.9 Å². The van der Waals surface area contributed by atoms with E-state index in [1.54, 1.807) is 10.6 Å². The van der Waals surface area contributed by atoms with E-state index < -0.39 is 4.92 Å². The standard InChI is InChI=1S/C10H8N5O3.ClH/c1-13-4-5-14(6-13)7-2-3-8(15(16)17)10-9(7)11-18-12-10;/h2-6H,1H3;1H/q+1;/p-1. The van der Waals surface area contributed by atoms with E-state index >= 15 is 0 Å². The number of non-ortho nitro benzene ring substituents is 1. The number of nitrogens with zero attached hydrogens (tertiary/aromatic N) is 5. The van der Waals surface area contributed by atoms with Crippen molar-refractivity contribution in [1.82, 2.24) is 14.9 Å². The van der Waals surface area contributed by atoms with Crippen LogP contribution in [0, 0.1) is 10.1 Å². The van der Waals surface area contributed by atoms with Gasteiger partial charge in [-0.1, -0.05) is 0 Å². The molecule has 0 atom stereocenters. The highest BCUT2D eigenvalue weighted by Crippen LogP contribution is 2.27. The van der Waals surface area contributed by atoms with E-state index in [0.29, 0.717) is 11.2 Å². The van der Waals surface area contributed by atoms with Gasteiger partial charge >= 0.3 is 5.69 Å². The van der Waals surface area contributed by atoms with Gasteiger partial charge in [0.25, 0.3) is 0 Å². The van der Waals surface area contributed by atoms with Crippen molar-refractivity contribution in [2.24, 2.45) is 7.05 Å². The second kappa shape index (κ2) is 4.65. The lowest BCUT2D eigenvalue weighted by molar-refractivity contribution is -0.670. The van der Waals surface area contributed by atoms with Gasteiger partial charge in [0.15, 0.2) is 11.2 Å². The molecule has 0 unspecified atom stereocenters. The van der Waals surface area contributed by atoms with Gasteiger partial charge in [0.1, 0.15) is 12.4 Å². The predicted molar refractivity (Wildman–Crippen MR) is 59.0 cm³/mol. The quantitative estimate of drug-likeness (QED) is 0.301. The van der Waals surface area contributed by atoms with Crippen molar-refractivity contribution in [3.8, 4) is 5.69 Å². The molecule has 0 bridgehead atoms. The summed E-state index contributed by atoms with van der Waals surface area (Å²) in [6, 6.07) is 3.01. The fourth-order valence-corrected chi connectivity index (χ4v) is 1.79. The molecule has 3 rings (SSSR count). The van der Waals surface area contributed by atoms with Crippen LogP contribution in [0.5, 0.6) is 0 Å². The summed E-state index contributed by atoms with van der Waals surface area (Å²) >= 11 is 0. The molecule has 0 radical (unpaired) electrons. The van der Waals surface area contributed by atoms with E-state index in [0.717, 1.165) is 0 Å². The van der Waals surface area contributed by atoms with Gasteiger partial charge in [-0.05, 0) is 16.4 Å². The number of aryl methyl sites for hydroxylation is 1. The van der Waals surface area contributed by atoms with Crippen molar-refractivity contribution in [2.75, 3.05) is 0 Å². The minimum Gasteiger partial charge on any atom is -1.00 e. The van der Waals surface area contributed by atoms with Crippen molar-refractivity contribution < 1.29 is 26.5 Å². The highest BCUT2D eigenvalue weighted by atomic mass is 35.5. The van der Waals surface area contributed by atoms with Crippen LogP contribution in [0.4, 0.5) is 5.69 Å². The van der Waals surface area contributed by atoms with Gasteiger partial charge in [0, 0.05) is 6.07 Å². The molecule has 0 aliphatic heterocycles. The molecule has 3 aromatic rings. The Morgan fingerprint density at radius 1 is 1.37 bits per heavy atom. The summed E-state index contributed by atoms with van der Waals surface area (Å²) in [6.07, 6.45) is 5.48. The number of halogens is 1. The van der Waals surface area contributed by atoms with Crippen LogP contribution in [0.1, 0.15) is 0 Å². The summed E-state index contributed by atoms with van der Waals surface area (Å²) in [5.41, 5.74) is 1.07. The summed E-state index contributed by atoms with van der Waals surface area (Å²) < 4.78 is 8.24. The van der Waals surface area contributed by atoms with Crippen molar-refractivity contribution >= 4 is 16.7 Å². The highest BCUT2D eigenvalue weighted by molar-refractivity contribution is 5.89. The Balaban J connectivity index is 0.00000133. The first-order chi connectivity index (χ1) is 8.66. The van der Waals surface area contributed by atoms with Crippen LogP contribution in [0.3, 0.4) is 0 Å². The molecule has 98 valence electrons. The smallest absolute Gasteiger partial charge is 0.301 e. The third-order valence-corrected chi connectivity index (χ3v) is 2.62. The molecule has 2 heterocycles. The Hall–Kier alpha value is -2.48. The zero-order valence-electron chi connectivity index (χ0n) is 9.73. The molecule has 19 heavy (non-hydrogen) atoms. The van der Waals surface area contributed by atoms with Crippen LogP contribution in [-0.4, -0.2) is 19.8 Å². The van der Waals surface area contributed by atoms with Crippen LogP contribution < -0.4 is 17.0 Å². The van der Waals surface area contributed by atoms with Crippen molar-refractivity contribution in [2.45, 2.75) is 0 Å². The normalized spacial score (nSPS) is 10.4. The lowest BCUT2D eigenvalue weighted by atomic mass is 10.2. The summed E-state index contributed by atoms with van der Waals surface area (Å²) in [5, 5.41) is 18.2. The molecule has 2 aromatic heterocycles. The molecule has 0 aliphatic carbocycles. The number of aromatic nitrogens is 4. The molecule has 9 heteroatoms. The third-order valence-electron chi connectivity index (χ3n) is 2.62. The SMILES string of the molecule is C[n+]1ccn(-c2ccc([N+](=O)[O-])c3nonc23)c1.[Cl-]. The molecule has 0 saturated carbocycles. The largest absolute Gasteiger partial charge is 1.00 e. The Morgan fingerprint density at radius 2 is 2.11 bits per heavy atom. The maximum absolute atomic E-state index is 10.8. The van der Waals surface area contributed by atoms with Gasteiger partial charge in [-0.2, -0.15) is 4.57 Å². The van der Waals surface area contributed by atoms with E-state index in [1.165, 1.54) is 6.07 Å². The number of hydrogen-bond donors (Lipinski definition) is 0. The van der Waals surface area contributed by atoms with Crippen molar-refractivity contribution in [3.05, 3.63) is 41.0 Å². The lowest BCUT2D eigenvalue weighted by Crippen LogP contribution is -3.00. The summed E-state index contributed by atoms with van der Waals surface area (Å²) in [6.45, 7) is 0. The maximum Gasteiger partial charge on any atom is 0.301 e. The van der Waals surface area contributed by atoms with Gasteiger partial charge < -0.3 is 12.4 Å².